The number of likely N-dealkylation sites (tertiary alicyclic amines) is 2. The van der Waals surface area contributed by atoms with Gasteiger partial charge < -0.3 is 15.1 Å². The van der Waals surface area contributed by atoms with Gasteiger partial charge in [-0.3, -0.25) is 9.69 Å². The first-order valence-electron chi connectivity index (χ1n) is 13.9. The highest BCUT2D eigenvalue weighted by Gasteiger charge is 2.37. The molecule has 2 aromatic rings. The molecule has 10 heteroatoms. The molecule has 1 N–H and O–H groups in total. The van der Waals surface area contributed by atoms with Gasteiger partial charge in [-0.2, -0.15) is 18.2 Å². The molecule has 3 saturated heterocycles. The first-order valence-corrected chi connectivity index (χ1v) is 13.9. The highest BCUT2D eigenvalue weighted by molar-refractivity contribution is 5.96. The summed E-state index contributed by atoms with van der Waals surface area (Å²) in [5.41, 5.74) is -1.12. The van der Waals surface area contributed by atoms with Crippen LogP contribution in [0.2, 0.25) is 0 Å². The van der Waals surface area contributed by atoms with Crippen LogP contribution in [0.15, 0.2) is 36.5 Å². The lowest BCUT2D eigenvalue weighted by atomic mass is 9.97. The number of anilines is 2. The van der Waals surface area contributed by atoms with Gasteiger partial charge >= 0.3 is 6.18 Å². The molecule has 5 rings (SSSR count). The van der Waals surface area contributed by atoms with Crippen molar-refractivity contribution in [1.82, 2.24) is 19.8 Å². The second-order valence-electron chi connectivity index (χ2n) is 10.7. The van der Waals surface area contributed by atoms with E-state index in [9.17, 15) is 18.0 Å². The van der Waals surface area contributed by atoms with E-state index in [4.69, 9.17) is 4.98 Å². The number of halogens is 3. The predicted octanol–water partition coefficient (Wildman–Crippen LogP) is 5.06. The van der Waals surface area contributed by atoms with E-state index in [2.05, 4.69) is 20.1 Å². The van der Waals surface area contributed by atoms with Crippen molar-refractivity contribution < 1.29 is 18.0 Å². The van der Waals surface area contributed by atoms with E-state index in [0.717, 1.165) is 63.7 Å². The van der Waals surface area contributed by atoms with Gasteiger partial charge in [-0.15, -0.1) is 0 Å². The average Bonchev–Trinajstić information content (AvgIpc) is 3.23. The van der Waals surface area contributed by atoms with Crippen molar-refractivity contribution in [3.05, 3.63) is 47.7 Å². The summed E-state index contributed by atoms with van der Waals surface area (Å²) in [5, 5.41) is 3.55. The molecule has 206 valence electrons. The number of alkyl halides is 3. The number of aromatic nitrogens is 2. The molecular weight excluding hydrogens is 493 g/mol. The zero-order valence-corrected chi connectivity index (χ0v) is 21.8. The fourth-order valence-electron chi connectivity index (χ4n) is 6.05. The van der Waals surface area contributed by atoms with Crippen LogP contribution >= 0.6 is 0 Å². The number of rotatable bonds is 5. The van der Waals surface area contributed by atoms with Crippen LogP contribution in [0.1, 0.15) is 67.3 Å². The lowest BCUT2D eigenvalue weighted by Crippen LogP contribution is -2.52. The molecule has 0 aliphatic carbocycles. The normalized spacial score (nSPS) is 22.2. The topological polar surface area (TPSA) is 64.6 Å². The lowest BCUT2D eigenvalue weighted by Gasteiger charge is -2.42. The largest absolute Gasteiger partial charge is 0.417 e. The molecule has 1 aromatic carbocycles. The Kier molecular flexibility index (Phi) is 8.35. The Hall–Kier alpha value is -2.88. The number of amides is 1. The van der Waals surface area contributed by atoms with Crippen molar-refractivity contribution >= 4 is 17.7 Å². The Bertz CT molecular complexity index is 1080. The summed E-state index contributed by atoms with van der Waals surface area (Å²) in [5.74, 6) is 1.12. The SMILES string of the molecule is O=C(c1ccccc1C(F)(F)F)N1CCC(N2CCCC(Nc3nccc(N4CCCCCC4)n3)C2)CC1. The van der Waals surface area contributed by atoms with Gasteiger partial charge in [0.2, 0.25) is 5.95 Å². The molecule has 38 heavy (non-hydrogen) atoms. The van der Waals surface area contributed by atoms with Crippen LogP contribution in [-0.2, 0) is 6.18 Å². The number of nitrogens with one attached hydrogen (secondary N) is 1. The molecule has 4 heterocycles. The second-order valence-corrected chi connectivity index (χ2v) is 10.7. The second kappa shape index (κ2) is 11.9. The molecule has 0 saturated carbocycles. The third-order valence-corrected chi connectivity index (χ3v) is 8.09. The predicted molar refractivity (Wildman–Crippen MR) is 141 cm³/mol. The number of hydrogen-bond donors (Lipinski definition) is 1. The minimum absolute atomic E-state index is 0.237. The molecule has 0 spiro atoms. The zero-order valence-electron chi connectivity index (χ0n) is 21.8. The van der Waals surface area contributed by atoms with Crippen molar-refractivity contribution in [3.8, 4) is 0 Å². The van der Waals surface area contributed by atoms with Crippen LogP contribution < -0.4 is 10.2 Å². The third-order valence-electron chi connectivity index (χ3n) is 8.09. The molecule has 1 unspecified atom stereocenters. The molecule has 7 nitrogen and oxygen atoms in total. The van der Waals surface area contributed by atoms with E-state index < -0.39 is 17.6 Å². The Labute approximate surface area is 222 Å². The maximum atomic E-state index is 13.4. The fraction of sp³-hybridized carbons (Fsp3) is 0.607. The molecule has 3 aliphatic heterocycles. The van der Waals surface area contributed by atoms with E-state index in [1.54, 1.807) is 4.90 Å². The standard InChI is InChI=1S/C28H37F3N6O/c29-28(30,31)24-10-4-3-9-23(24)26(38)36-18-12-22(13-19-36)37-17-7-8-21(20-37)33-27-32-14-11-25(34-27)35-15-5-1-2-6-16-35/h3-4,9-11,14,21-22H,1-2,5-8,12-13,15-20H2,(H,32,33,34). The average molecular weight is 531 g/mol. The fourth-order valence-corrected chi connectivity index (χ4v) is 6.05. The van der Waals surface area contributed by atoms with E-state index in [0.29, 0.717) is 25.1 Å². The molecule has 3 fully saturated rings. The zero-order chi connectivity index (χ0) is 26.5. The summed E-state index contributed by atoms with van der Waals surface area (Å²) in [6.07, 6.45) is 5.85. The van der Waals surface area contributed by atoms with Gasteiger partial charge in [-0.25, -0.2) is 4.98 Å². The van der Waals surface area contributed by atoms with E-state index in [1.165, 1.54) is 43.9 Å². The Morgan fingerprint density at radius 3 is 2.37 bits per heavy atom. The number of hydrogen-bond acceptors (Lipinski definition) is 6. The Balaban J connectivity index is 1.15. The Morgan fingerprint density at radius 2 is 1.63 bits per heavy atom. The summed E-state index contributed by atoms with van der Waals surface area (Å²) < 4.78 is 40.2. The lowest BCUT2D eigenvalue weighted by molar-refractivity contribution is -0.138. The summed E-state index contributed by atoms with van der Waals surface area (Å²) in [7, 11) is 0. The minimum atomic E-state index is -4.54. The molecule has 3 aliphatic rings. The maximum Gasteiger partial charge on any atom is 0.417 e. The number of carbonyl (C=O) groups excluding carboxylic acids is 1. The number of benzene rings is 1. The van der Waals surface area contributed by atoms with Crippen LogP contribution in [-0.4, -0.2) is 77.0 Å². The van der Waals surface area contributed by atoms with Gasteiger partial charge in [0.05, 0.1) is 11.1 Å². The quantitative estimate of drug-likeness (QED) is 0.583. The maximum absolute atomic E-state index is 13.4. The summed E-state index contributed by atoms with van der Waals surface area (Å²) in [4.78, 5) is 28.6. The van der Waals surface area contributed by atoms with Gasteiger partial charge in [0.25, 0.3) is 5.91 Å². The number of piperidine rings is 2. The van der Waals surface area contributed by atoms with Gasteiger partial charge in [-0.1, -0.05) is 25.0 Å². The first kappa shape index (κ1) is 26.7. The molecule has 1 amide bonds. The smallest absolute Gasteiger partial charge is 0.356 e. The number of carbonyl (C=O) groups is 1. The minimum Gasteiger partial charge on any atom is -0.356 e. The summed E-state index contributed by atoms with van der Waals surface area (Å²) in [6, 6.07) is 7.61. The van der Waals surface area contributed by atoms with Gasteiger partial charge in [0.15, 0.2) is 0 Å². The van der Waals surface area contributed by atoms with Crippen LogP contribution in [0.4, 0.5) is 24.9 Å². The van der Waals surface area contributed by atoms with Crippen molar-refractivity contribution in [2.45, 2.75) is 69.6 Å². The van der Waals surface area contributed by atoms with E-state index in [-0.39, 0.29) is 11.6 Å². The van der Waals surface area contributed by atoms with Crippen molar-refractivity contribution in [2.75, 3.05) is 49.5 Å². The van der Waals surface area contributed by atoms with Gasteiger partial charge in [0.1, 0.15) is 5.82 Å². The van der Waals surface area contributed by atoms with Gasteiger partial charge in [-0.05, 0) is 63.3 Å². The molecule has 0 bridgehead atoms. The first-order chi connectivity index (χ1) is 18.4. The molecule has 1 atom stereocenters. The highest BCUT2D eigenvalue weighted by atomic mass is 19.4. The molecule has 0 radical (unpaired) electrons. The third kappa shape index (κ3) is 6.39. The molecular formula is C28H37F3N6O. The van der Waals surface area contributed by atoms with Crippen LogP contribution in [0.3, 0.4) is 0 Å². The number of nitrogens with zero attached hydrogens (tertiary/aromatic N) is 5. The molecule has 1 aromatic heterocycles. The van der Waals surface area contributed by atoms with Crippen LogP contribution in [0.25, 0.3) is 0 Å². The van der Waals surface area contributed by atoms with Crippen molar-refractivity contribution in [2.24, 2.45) is 0 Å². The van der Waals surface area contributed by atoms with Crippen molar-refractivity contribution in [1.29, 1.82) is 0 Å². The summed E-state index contributed by atoms with van der Waals surface area (Å²) in [6.45, 7) is 4.86. The van der Waals surface area contributed by atoms with E-state index in [1.807, 2.05) is 12.3 Å². The highest BCUT2D eigenvalue weighted by Crippen LogP contribution is 2.33. The van der Waals surface area contributed by atoms with Gasteiger partial charge in [0, 0.05) is 51.0 Å². The Morgan fingerprint density at radius 1 is 0.895 bits per heavy atom. The van der Waals surface area contributed by atoms with Crippen LogP contribution in [0, 0.1) is 0 Å². The van der Waals surface area contributed by atoms with Crippen molar-refractivity contribution in [3.63, 3.8) is 0 Å². The summed E-state index contributed by atoms with van der Waals surface area (Å²) >= 11 is 0. The van der Waals surface area contributed by atoms with Crippen LogP contribution in [0.5, 0.6) is 0 Å². The monoisotopic (exact) mass is 530 g/mol. The van der Waals surface area contributed by atoms with E-state index >= 15 is 0 Å².